The van der Waals surface area contributed by atoms with Crippen LogP contribution >= 0.6 is 0 Å². The van der Waals surface area contributed by atoms with Crippen molar-refractivity contribution in [2.24, 2.45) is 5.73 Å². The standard InChI is InChI=1S/C17H17FN2O4S/c1-2-10-24-15-5-3-4-14(11-15)20(12-17(19)21)25(22,23)16-8-6-13(18)7-9-16/h2-9,11H,1,10,12H2,(H2,19,21). The summed E-state index contributed by atoms with van der Waals surface area (Å²) in [5.41, 5.74) is 5.40. The molecule has 0 aromatic heterocycles. The van der Waals surface area contributed by atoms with Gasteiger partial charge in [-0.3, -0.25) is 9.10 Å². The molecule has 0 heterocycles. The molecule has 0 saturated heterocycles. The van der Waals surface area contributed by atoms with Crippen molar-refractivity contribution in [2.45, 2.75) is 4.90 Å². The fourth-order valence-electron chi connectivity index (χ4n) is 2.07. The van der Waals surface area contributed by atoms with E-state index in [4.69, 9.17) is 10.5 Å². The smallest absolute Gasteiger partial charge is 0.264 e. The Morgan fingerprint density at radius 2 is 1.92 bits per heavy atom. The van der Waals surface area contributed by atoms with Crippen LogP contribution in [0.5, 0.6) is 5.75 Å². The molecule has 0 fully saturated rings. The van der Waals surface area contributed by atoms with Crippen LogP contribution in [0.3, 0.4) is 0 Å². The van der Waals surface area contributed by atoms with Crippen molar-refractivity contribution < 1.29 is 22.3 Å². The molecule has 0 spiro atoms. The predicted octanol–water partition coefficient (Wildman–Crippen LogP) is 2.07. The maximum absolute atomic E-state index is 13.1. The van der Waals surface area contributed by atoms with Crippen LogP contribution in [-0.4, -0.2) is 27.5 Å². The molecule has 1 amide bonds. The number of hydrogen-bond donors (Lipinski definition) is 1. The first-order valence-electron chi connectivity index (χ1n) is 7.25. The molecule has 2 N–H and O–H groups in total. The van der Waals surface area contributed by atoms with E-state index in [0.29, 0.717) is 5.75 Å². The highest BCUT2D eigenvalue weighted by Gasteiger charge is 2.26. The number of halogens is 1. The number of carbonyl (C=O) groups is 1. The lowest BCUT2D eigenvalue weighted by atomic mass is 10.3. The molecular weight excluding hydrogens is 347 g/mol. The molecule has 0 radical (unpaired) electrons. The van der Waals surface area contributed by atoms with Crippen molar-refractivity contribution in [3.8, 4) is 5.75 Å². The highest BCUT2D eigenvalue weighted by molar-refractivity contribution is 7.92. The van der Waals surface area contributed by atoms with Gasteiger partial charge in [0.2, 0.25) is 5.91 Å². The summed E-state index contributed by atoms with van der Waals surface area (Å²) in [7, 11) is -4.11. The van der Waals surface area contributed by atoms with Crippen LogP contribution in [0.4, 0.5) is 10.1 Å². The topological polar surface area (TPSA) is 89.7 Å². The molecule has 0 unspecified atom stereocenters. The van der Waals surface area contributed by atoms with E-state index in [1.807, 2.05) is 0 Å². The average molecular weight is 364 g/mol. The summed E-state index contributed by atoms with van der Waals surface area (Å²) in [5.74, 6) is -0.996. The molecule has 2 aromatic rings. The Balaban J connectivity index is 2.47. The normalized spacial score (nSPS) is 10.9. The first-order chi connectivity index (χ1) is 11.8. The number of primary amides is 1. The van der Waals surface area contributed by atoms with Crippen LogP contribution in [0.2, 0.25) is 0 Å². The fraction of sp³-hybridized carbons (Fsp3) is 0.118. The third-order valence-electron chi connectivity index (χ3n) is 3.17. The van der Waals surface area contributed by atoms with Crippen molar-refractivity contribution in [1.82, 2.24) is 0 Å². The molecule has 0 aliphatic heterocycles. The van der Waals surface area contributed by atoms with Crippen LogP contribution in [0, 0.1) is 5.82 Å². The third-order valence-corrected chi connectivity index (χ3v) is 4.96. The van der Waals surface area contributed by atoms with Gasteiger partial charge >= 0.3 is 0 Å². The third kappa shape index (κ3) is 4.57. The Hall–Kier alpha value is -2.87. The summed E-state index contributed by atoms with van der Waals surface area (Å²) in [6.07, 6.45) is 1.54. The molecular formula is C17H17FN2O4S. The van der Waals surface area contributed by atoms with E-state index in [9.17, 15) is 17.6 Å². The van der Waals surface area contributed by atoms with Crippen LogP contribution in [0.15, 0.2) is 66.1 Å². The summed E-state index contributed by atoms with van der Waals surface area (Å²) in [6.45, 7) is 3.21. The molecule has 0 bridgehead atoms. The minimum absolute atomic E-state index is 0.160. The van der Waals surface area contributed by atoms with E-state index >= 15 is 0 Å². The Kier molecular flexibility index (Phi) is 5.76. The van der Waals surface area contributed by atoms with Gasteiger partial charge in [0.1, 0.15) is 24.7 Å². The Morgan fingerprint density at radius 1 is 1.24 bits per heavy atom. The maximum Gasteiger partial charge on any atom is 0.264 e. The van der Waals surface area contributed by atoms with E-state index in [1.165, 1.54) is 12.1 Å². The van der Waals surface area contributed by atoms with Crippen LogP contribution in [0.1, 0.15) is 0 Å². The Bertz CT molecular complexity index is 866. The summed E-state index contributed by atoms with van der Waals surface area (Å²) in [6, 6.07) is 10.5. The van der Waals surface area contributed by atoms with Gasteiger partial charge in [0.15, 0.2) is 0 Å². The highest BCUT2D eigenvalue weighted by Crippen LogP contribution is 2.27. The zero-order valence-corrected chi connectivity index (χ0v) is 14.1. The largest absolute Gasteiger partial charge is 0.489 e. The van der Waals surface area contributed by atoms with Crippen LogP contribution in [0.25, 0.3) is 0 Å². The second kappa shape index (κ2) is 7.80. The lowest BCUT2D eigenvalue weighted by Gasteiger charge is -2.23. The summed E-state index contributed by atoms with van der Waals surface area (Å²) >= 11 is 0. The van der Waals surface area contributed by atoms with Gasteiger partial charge in [0, 0.05) is 6.07 Å². The first-order valence-corrected chi connectivity index (χ1v) is 8.69. The lowest BCUT2D eigenvalue weighted by Crippen LogP contribution is -2.38. The lowest BCUT2D eigenvalue weighted by molar-refractivity contribution is -0.116. The molecule has 8 heteroatoms. The number of hydrogen-bond acceptors (Lipinski definition) is 4. The molecule has 132 valence electrons. The zero-order chi connectivity index (χ0) is 18.4. The van der Waals surface area contributed by atoms with Gasteiger partial charge in [-0.25, -0.2) is 12.8 Å². The van der Waals surface area contributed by atoms with Crippen LogP contribution < -0.4 is 14.8 Å². The average Bonchev–Trinajstić information content (AvgIpc) is 2.58. The molecule has 0 atom stereocenters. The van der Waals surface area contributed by atoms with Crippen molar-refractivity contribution in [3.63, 3.8) is 0 Å². The van der Waals surface area contributed by atoms with E-state index in [-0.39, 0.29) is 17.2 Å². The quantitative estimate of drug-likeness (QED) is 0.726. The van der Waals surface area contributed by atoms with Gasteiger partial charge in [-0.05, 0) is 36.4 Å². The number of sulfonamides is 1. The molecule has 0 saturated carbocycles. The van der Waals surface area contributed by atoms with Crippen molar-refractivity contribution in [3.05, 3.63) is 67.0 Å². The molecule has 6 nitrogen and oxygen atoms in total. The van der Waals surface area contributed by atoms with E-state index < -0.39 is 28.3 Å². The van der Waals surface area contributed by atoms with Crippen LogP contribution in [-0.2, 0) is 14.8 Å². The minimum Gasteiger partial charge on any atom is -0.489 e. The minimum atomic E-state index is -4.11. The van der Waals surface area contributed by atoms with Gasteiger partial charge in [-0.2, -0.15) is 0 Å². The van der Waals surface area contributed by atoms with Gasteiger partial charge < -0.3 is 10.5 Å². The molecule has 25 heavy (non-hydrogen) atoms. The molecule has 0 aliphatic rings. The Morgan fingerprint density at radius 3 is 2.52 bits per heavy atom. The van der Waals surface area contributed by atoms with Crippen molar-refractivity contribution in [1.29, 1.82) is 0 Å². The number of carbonyl (C=O) groups excluding carboxylic acids is 1. The van der Waals surface area contributed by atoms with E-state index in [0.717, 1.165) is 28.6 Å². The van der Waals surface area contributed by atoms with Crippen molar-refractivity contribution >= 4 is 21.6 Å². The Labute approximate surface area is 145 Å². The first kappa shape index (κ1) is 18.5. The van der Waals surface area contributed by atoms with Gasteiger partial charge in [0.05, 0.1) is 10.6 Å². The number of benzene rings is 2. The number of nitrogens with two attached hydrogens (primary N) is 1. The number of rotatable bonds is 8. The molecule has 2 aromatic carbocycles. The number of ether oxygens (including phenoxy) is 1. The van der Waals surface area contributed by atoms with E-state index in [1.54, 1.807) is 18.2 Å². The molecule has 0 aliphatic carbocycles. The number of nitrogens with zero attached hydrogens (tertiary/aromatic N) is 1. The van der Waals surface area contributed by atoms with Gasteiger partial charge in [-0.15, -0.1) is 0 Å². The number of amides is 1. The second-order valence-electron chi connectivity index (χ2n) is 5.03. The zero-order valence-electron chi connectivity index (χ0n) is 13.3. The SMILES string of the molecule is C=CCOc1cccc(N(CC(N)=O)S(=O)(=O)c2ccc(F)cc2)c1. The van der Waals surface area contributed by atoms with Gasteiger partial charge in [-0.1, -0.05) is 18.7 Å². The summed E-state index contributed by atoms with van der Waals surface area (Å²) in [4.78, 5) is 11.2. The fourth-order valence-corrected chi connectivity index (χ4v) is 3.50. The number of anilines is 1. The summed E-state index contributed by atoms with van der Waals surface area (Å²) < 4.78 is 45.0. The van der Waals surface area contributed by atoms with E-state index in [2.05, 4.69) is 6.58 Å². The predicted molar refractivity (Wildman–Crippen MR) is 92.3 cm³/mol. The molecule has 2 rings (SSSR count). The second-order valence-corrected chi connectivity index (χ2v) is 6.89. The van der Waals surface area contributed by atoms with Crippen molar-refractivity contribution in [2.75, 3.05) is 17.5 Å². The maximum atomic E-state index is 13.1. The monoisotopic (exact) mass is 364 g/mol. The highest BCUT2D eigenvalue weighted by atomic mass is 32.2. The summed E-state index contributed by atoms with van der Waals surface area (Å²) in [5, 5.41) is 0. The van der Waals surface area contributed by atoms with Gasteiger partial charge in [0.25, 0.3) is 10.0 Å².